The number of nitro groups is 1. The van der Waals surface area contributed by atoms with Gasteiger partial charge in [0.1, 0.15) is 0 Å². The Labute approximate surface area is 188 Å². The van der Waals surface area contributed by atoms with Crippen molar-refractivity contribution in [1.29, 1.82) is 0 Å². The van der Waals surface area contributed by atoms with Gasteiger partial charge in [-0.15, -0.1) is 11.3 Å². The summed E-state index contributed by atoms with van der Waals surface area (Å²) in [7, 11) is 0. The number of aryl methyl sites for hydroxylation is 1. The van der Waals surface area contributed by atoms with Crippen LogP contribution in [0, 0.1) is 17.0 Å². The van der Waals surface area contributed by atoms with E-state index in [1.54, 1.807) is 12.1 Å². The Morgan fingerprint density at radius 1 is 1.06 bits per heavy atom. The largest absolute Gasteiger partial charge is 0.454 e. The van der Waals surface area contributed by atoms with Gasteiger partial charge in [0, 0.05) is 23.1 Å². The van der Waals surface area contributed by atoms with Gasteiger partial charge in [0.2, 0.25) is 6.79 Å². The number of aromatic nitrogens is 1. The average molecular weight is 446 g/mol. The summed E-state index contributed by atoms with van der Waals surface area (Å²) in [5.41, 5.74) is 4.69. The third-order valence-electron chi connectivity index (χ3n) is 5.15. The van der Waals surface area contributed by atoms with Gasteiger partial charge in [-0.3, -0.25) is 10.1 Å². The highest BCUT2D eigenvalue weighted by atomic mass is 32.1. The maximum Gasteiger partial charge on any atom is 0.270 e. The van der Waals surface area contributed by atoms with Crippen LogP contribution < -0.4 is 14.3 Å². The lowest BCUT2D eigenvalue weighted by atomic mass is 10.1. The zero-order valence-electron chi connectivity index (χ0n) is 17.2. The maximum absolute atomic E-state index is 11.3. The minimum Gasteiger partial charge on any atom is -0.454 e. The smallest absolute Gasteiger partial charge is 0.270 e. The summed E-state index contributed by atoms with van der Waals surface area (Å²) in [6.45, 7) is 2.78. The van der Waals surface area contributed by atoms with E-state index in [4.69, 9.17) is 14.5 Å². The third kappa shape index (κ3) is 4.00. The van der Waals surface area contributed by atoms with Gasteiger partial charge in [0.05, 0.1) is 22.8 Å². The number of thiazole rings is 1. The first-order chi connectivity index (χ1) is 15.6. The molecule has 8 heteroatoms. The molecule has 0 atom stereocenters. The van der Waals surface area contributed by atoms with Crippen molar-refractivity contribution in [2.24, 2.45) is 4.99 Å². The Bertz CT molecular complexity index is 1390. The number of hydrogen-bond donors (Lipinski definition) is 0. The van der Waals surface area contributed by atoms with Crippen molar-refractivity contribution in [3.05, 3.63) is 98.2 Å². The van der Waals surface area contributed by atoms with Crippen LogP contribution in [0.2, 0.25) is 0 Å². The van der Waals surface area contributed by atoms with E-state index in [0.29, 0.717) is 12.3 Å². The molecular formula is C24H19N3O4S. The van der Waals surface area contributed by atoms with E-state index in [2.05, 4.69) is 4.57 Å². The second-order valence-electron chi connectivity index (χ2n) is 7.44. The van der Waals surface area contributed by atoms with E-state index in [0.717, 1.165) is 38.6 Å². The van der Waals surface area contributed by atoms with Crippen molar-refractivity contribution in [1.82, 2.24) is 4.57 Å². The topological polar surface area (TPSA) is 78.9 Å². The Morgan fingerprint density at radius 3 is 2.75 bits per heavy atom. The summed E-state index contributed by atoms with van der Waals surface area (Å²) >= 11 is 1.50. The molecule has 1 aromatic heterocycles. The quantitative estimate of drug-likeness (QED) is 0.303. The number of rotatable bonds is 5. The summed E-state index contributed by atoms with van der Waals surface area (Å²) < 4.78 is 13.0. The molecule has 0 unspecified atom stereocenters. The number of nitrogens with zero attached hydrogens (tertiary/aromatic N) is 3. The van der Waals surface area contributed by atoms with Crippen LogP contribution in [0.5, 0.6) is 11.5 Å². The first-order valence-corrected chi connectivity index (χ1v) is 10.9. The highest BCUT2D eigenvalue weighted by molar-refractivity contribution is 7.07. The Balaban J connectivity index is 1.63. The summed E-state index contributed by atoms with van der Waals surface area (Å²) in [5, 5.41) is 13.3. The van der Waals surface area contributed by atoms with Crippen LogP contribution in [0.3, 0.4) is 0 Å². The number of ether oxygens (including phenoxy) is 2. The van der Waals surface area contributed by atoms with Gasteiger partial charge in [-0.1, -0.05) is 30.3 Å². The first-order valence-electron chi connectivity index (χ1n) is 10.00. The van der Waals surface area contributed by atoms with Crippen LogP contribution in [-0.2, 0) is 6.54 Å². The van der Waals surface area contributed by atoms with Gasteiger partial charge < -0.3 is 14.0 Å². The molecule has 160 valence electrons. The van der Waals surface area contributed by atoms with Crippen molar-refractivity contribution in [2.75, 3.05) is 6.79 Å². The molecule has 0 radical (unpaired) electrons. The summed E-state index contributed by atoms with van der Waals surface area (Å²) in [6, 6.07) is 20.5. The fourth-order valence-corrected chi connectivity index (χ4v) is 4.54. The van der Waals surface area contributed by atoms with Crippen LogP contribution >= 0.6 is 11.3 Å². The van der Waals surface area contributed by atoms with Crippen LogP contribution in [0.15, 0.2) is 77.1 Å². The predicted molar refractivity (Wildman–Crippen MR) is 122 cm³/mol. The number of nitro benzene ring substituents is 1. The second-order valence-corrected chi connectivity index (χ2v) is 8.27. The molecule has 0 bridgehead atoms. The van der Waals surface area contributed by atoms with Crippen LogP contribution in [0.4, 0.5) is 11.4 Å². The Kier molecular flexibility index (Phi) is 5.20. The van der Waals surface area contributed by atoms with Crippen LogP contribution in [0.25, 0.3) is 11.3 Å². The van der Waals surface area contributed by atoms with Gasteiger partial charge in [-0.05, 0) is 42.3 Å². The first kappa shape index (κ1) is 20.0. The van der Waals surface area contributed by atoms with E-state index in [-0.39, 0.29) is 17.4 Å². The Hall–Kier alpha value is -3.91. The van der Waals surface area contributed by atoms with E-state index in [9.17, 15) is 10.1 Å². The molecule has 2 heterocycles. The highest BCUT2D eigenvalue weighted by Crippen LogP contribution is 2.33. The summed E-state index contributed by atoms with van der Waals surface area (Å²) in [6.07, 6.45) is 0. The lowest BCUT2D eigenvalue weighted by Crippen LogP contribution is -2.16. The lowest BCUT2D eigenvalue weighted by molar-refractivity contribution is -0.384. The highest BCUT2D eigenvalue weighted by Gasteiger charge is 2.16. The molecule has 0 fully saturated rings. The molecule has 0 saturated carbocycles. The summed E-state index contributed by atoms with van der Waals surface area (Å²) in [5.74, 6) is 1.44. The van der Waals surface area contributed by atoms with E-state index in [1.807, 2.05) is 60.8 Å². The maximum atomic E-state index is 11.3. The van der Waals surface area contributed by atoms with Crippen molar-refractivity contribution < 1.29 is 14.4 Å². The van der Waals surface area contributed by atoms with Crippen molar-refractivity contribution >= 4 is 22.7 Å². The molecule has 7 nitrogen and oxygen atoms in total. The number of hydrogen-bond acceptors (Lipinski definition) is 6. The van der Waals surface area contributed by atoms with Gasteiger partial charge in [-0.25, -0.2) is 4.99 Å². The van der Waals surface area contributed by atoms with Gasteiger partial charge in [0.25, 0.3) is 5.69 Å². The molecule has 0 N–H and O–H groups in total. The average Bonchev–Trinajstić information content (AvgIpc) is 3.41. The molecule has 4 aromatic rings. The van der Waals surface area contributed by atoms with E-state index in [1.165, 1.54) is 17.4 Å². The third-order valence-corrected chi connectivity index (χ3v) is 6.02. The molecule has 5 rings (SSSR count). The van der Waals surface area contributed by atoms with Crippen molar-refractivity contribution in [2.45, 2.75) is 13.5 Å². The molecular weight excluding hydrogens is 426 g/mol. The number of fused-ring (bicyclic) bond motifs is 1. The molecule has 0 amide bonds. The molecule has 3 aromatic carbocycles. The fourth-order valence-electron chi connectivity index (χ4n) is 3.61. The zero-order chi connectivity index (χ0) is 22.1. The van der Waals surface area contributed by atoms with Crippen molar-refractivity contribution in [3.8, 4) is 22.8 Å². The van der Waals surface area contributed by atoms with Crippen LogP contribution in [0.1, 0.15) is 11.1 Å². The normalized spacial score (nSPS) is 12.8. The van der Waals surface area contributed by atoms with Crippen molar-refractivity contribution in [3.63, 3.8) is 0 Å². The molecule has 1 aliphatic heterocycles. The number of non-ortho nitro benzene ring substituents is 1. The SMILES string of the molecule is Cc1cccc(N=c2scc(-c3cccc([N+](=O)[O-])c3)n2Cc2ccc3c(c2)OCO3)c1. The number of benzene rings is 3. The fraction of sp³-hybridized carbons (Fsp3) is 0.125. The van der Waals surface area contributed by atoms with E-state index >= 15 is 0 Å². The minimum absolute atomic E-state index is 0.0560. The minimum atomic E-state index is -0.379. The molecule has 32 heavy (non-hydrogen) atoms. The van der Waals surface area contributed by atoms with Gasteiger partial charge in [0.15, 0.2) is 16.3 Å². The molecule has 1 aliphatic rings. The molecule has 0 spiro atoms. The predicted octanol–water partition coefficient (Wildman–Crippen LogP) is 5.44. The van der Waals surface area contributed by atoms with Gasteiger partial charge in [-0.2, -0.15) is 0 Å². The monoisotopic (exact) mass is 445 g/mol. The standard InChI is InChI=1S/C24H19N3O4S/c1-16-4-2-6-19(10-16)25-24-26(13-17-8-9-22-23(11-17)31-15-30-22)21(14-32-24)18-5-3-7-20(12-18)27(28)29/h2-12,14H,13,15H2,1H3. The molecule has 0 saturated heterocycles. The second kappa shape index (κ2) is 8.32. The Morgan fingerprint density at radius 2 is 1.91 bits per heavy atom. The van der Waals surface area contributed by atoms with E-state index < -0.39 is 0 Å². The zero-order valence-corrected chi connectivity index (χ0v) is 18.0. The van der Waals surface area contributed by atoms with Crippen LogP contribution in [-0.4, -0.2) is 16.3 Å². The van der Waals surface area contributed by atoms with Gasteiger partial charge >= 0.3 is 0 Å². The lowest BCUT2D eigenvalue weighted by Gasteiger charge is -2.10. The summed E-state index contributed by atoms with van der Waals surface area (Å²) in [4.78, 5) is 16.6. The molecule has 0 aliphatic carbocycles.